The molecule has 0 amide bonds. The van der Waals surface area contributed by atoms with E-state index in [4.69, 9.17) is 0 Å². The summed E-state index contributed by atoms with van der Waals surface area (Å²) in [7, 11) is -2.59. The minimum absolute atomic E-state index is 0.742. The molecule has 0 aromatic carbocycles. The first-order valence-electron chi connectivity index (χ1n) is 8.49. The fraction of sp³-hybridized carbons (Fsp3) is 0.667. The van der Waals surface area contributed by atoms with Crippen molar-refractivity contribution in [3.63, 3.8) is 0 Å². The molecule has 0 rings (SSSR count). The van der Waals surface area contributed by atoms with Crippen LogP contribution in [0.5, 0.6) is 0 Å². The molecule has 21 heavy (non-hydrogen) atoms. The van der Waals surface area contributed by atoms with Crippen molar-refractivity contribution in [2.75, 3.05) is 0 Å². The van der Waals surface area contributed by atoms with Crippen LogP contribution >= 0.6 is 0 Å². The fourth-order valence-corrected chi connectivity index (χ4v) is 5.15. The third kappa shape index (κ3) is 7.93. The highest BCUT2D eigenvalue weighted by molar-refractivity contribution is 6.86. The molecule has 0 radical (unpaired) electrons. The SMILES string of the molecule is CCB(CC)/C(CC)=C(/C=C\C#C[Si](C)(C)C)[Si](C)(C)C. The van der Waals surface area contributed by atoms with E-state index in [1.165, 1.54) is 19.1 Å². The second-order valence-corrected chi connectivity index (χ2v) is 17.7. The molecule has 0 saturated carbocycles. The van der Waals surface area contributed by atoms with Crippen LogP contribution in [0.4, 0.5) is 0 Å². The predicted octanol–water partition coefficient (Wildman–Crippen LogP) is 6.08. The van der Waals surface area contributed by atoms with Gasteiger partial charge in [0.15, 0.2) is 6.71 Å². The third-order valence-corrected chi connectivity index (χ3v) is 6.79. The van der Waals surface area contributed by atoms with Crippen molar-refractivity contribution in [1.82, 2.24) is 0 Å². The normalized spacial score (nSPS) is 13.8. The highest BCUT2D eigenvalue weighted by atomic mass is 28.3. The average Bonchev–Trinajstić information content (AvgIpc) is 2.34. The van der Waals surface area contributed by atoms with Gasteiger partial charge in [-0.25, -0.2) is 0 Å². The molecule has 0 aliphatic rings. The first-order chi connectivity index (χ1) is 9.56. The number of hydrogen-bond acceptors (Lipinski definition) is 0. The highest BCUT2D eigenvalue weighted by Crippen LogP contribution is 2.26. The van der Waals surface area contributed by atoms with Gasteiger partial charge in [-0.15, -0.1) is 11.0 Å². The monoisotopic (exact) mass is 318 g/mol. The summed E-state index contributed by atoms with van der Waals surface area (Å²) in [6.07, 6.45) is 8.14. The molecule has 0 atom stereocenters. The van der Waals surface area contributed by atoms with Crippen LogP contribution < -0.4 is 0 Å². The van der Waals surface area contributed by atoms with E-state index in [1.807, 2.05) is 0 Å². The fourth-order valence-electron chi connectivity index (χ4n) is 2.70. The summed E-state index contributed by atoms with van der Waals surface area (Å²) in [6, 6.07) is 0. The average molecular weight is 318 g/mol. The van der Waals surface area contributed by atoms with Crippen LogP contribution in [0.3, 0.4) is 0 Å². The first-order valence-corrected chi connectivity index (χ1v) is 15.5. The minimum Gasteiger partial charge on any atom is -0.127 e. The van der Waals surface area contributed by atoms with Gasteiger partial charge in [0.25, 0.3) is 0 Å². The molecule has 3 heteroatoms. The topological polar surface area (TPSA) is 0 Å². The first kappa shape index (κ1) is 20.5. The van der Waals surface area contributed by atoms with Gasteiger partial charge in [0, 0.05) is 0 Å². The van der Waals surface area contributed by atoms with Gasteiger partial charge in [-0.05, 0) is 12.5 Å². The summed E-state index contributed by atoms with van der Waals surface area (Å²) in [5.41, 5.74) is 5.12. The van der Waals surface area contributed by atoms with Crippen LogP contribution in [0, 0.1) is 11.5 Å². The Morgan fingerprint density at radius 2 is 1.48 bits per heavy atom. The predicted molar refractivity (Wildman–Crippen MR) is 108 cm³/mol. The lowest BCUT2D eigenvalue weighted by atomic mass is 9.40. The molecule has 0 bridgehead atoms. The van der Waals surface area contributed by atoms with Gasteiger partial charge < -0.3 is 0 Å². The van der Waals surface area contributed by atoms with Crippen LogP contribution in [0.15, 0.2) is 22.8 Å². The lowest BCUT2D eigenvalue weighted by Crippen LogP contribution is -2.28. The molecule has 118 valence electrons. The standard InChI is InChI=1S/C18H35BSi2/c1-10-17(19(11-2)12-3)18(21(7,8)9)15-13-14-16-20(4,5)6/h13,15H,10-12H2,1-9H3/b15-13-,18-17-. The summed E-state index contributed by atoms with van der Waals surface area (Å²) in [5, 5.41) is 1.63. The van der Waals surface area contributed by atoms with Gasteiger partial charge in [-0.2, -0.15) is 0 Å². The zero-order valence-corrected chi connectivity index (χ0v) is 17.9. The smallest absolute Gasteiger partial charge is 0.127 e. The maximum Gasteiger partial charge on any atom is 0.169 e. The largest absolute Gasteiger partial charge is 0.169 e. The van der Waals surface area contributed by atoms with Crippen LogP contribution in [0.1, 0.15) is 27.2 Å². The quantitative estimate of drug-likeness (QED) is 0.316. The van der Waals surface area contributed by atoms with E-state index in [0.717, 1.165) is 6.71 Å². The maximum atomic E-state index is 3.44. The molecule has 0 nitrogen and oxygen atoms in total. The summed E-state index contributed by atoms with van der Waals surface area (Å²) in [6.45, 7) is 22.0. The Balaban J connectivity index is 5.66. The Kier molecular flexibility index (Phi) is 8.66. The maximum absolute atomic E-state index is 3.44. The number of allylic oxidation sites excluding steroid dienone is 4. The van der Waals surface area contributed by atoms with Gasteiger partial charge in [-0.1, -0.05) is 89.9 Å². The Morgan fingerprint density at radius 3 is 1.81 bits per heavy atom. The van der Waals surface area contributed by atoms with Gasteiger partial charge in [0.1, 0.15) is 8.07 Å². The Hall–Kier alpha value is -0.461. The second-order valence-electron chi connectivity index (χ2n) is 7.91. The van der Waals surface area contributed by atoms with Crippen molar-refractivity contribution >= 4 is 22.9 Å². The van der Waals surface area contributed by atoms with Crippen molar-refractivity contribution in [1.29, 1.82) is 0 Å². The van der Waals surface area contributed by atoms with E-state index in [1.54, 1.807) is 10.7 Å². The summed E-state index contributed by atoms with van der Waals surface area (Å²) in [4.78, 5) is 0. The Labute approximate surface area is 136 Å². The molecule has 0 heterocycles. The molecule has 0 unspecified atom stereocenters. The lowest BCUT2D eigenvalue weighted by molar-refractivity contribution is 1.14. The van der Waals surface area contributed by atoms with Gasteiger partial charge in [0.2, 0.25) is 0 Å². The molecule has 0 aliphatic carbocycles. The molecule has 0 N–H and O–H groups in total. The molecule has 0 spiro atoms. The summed E-state index contributed by atoms with van der Waals surface area (Å²) in [5.74, 6) is 3.30. The van der Waals surface area contributed by atoms with Crippen molar-refractivity contribution in [3.05, 3.63) is 22.8 Å². The van der Waals surface area contributed by atoms with E-state index < -0.39 is 16.1 Å². The number of hydrogen-bond donors (Lipinski definition) is 0. The summed E-state index contributed by atoms with van der Waals surface area (Å²) >= 11 is 0. The van der Waals surface area contributed by atoms with E-state index in [-0.39, 0.29) is 0 Å². The van der Waals surface area contributed by atoms with Crippen LogP contribution in [-0.4, -0.2) is 22.9 Å². The van der Waals surface area contributed by atoms with Crippen molar-refractivity contribution in [3.8, 4) is 11.5 Å². The molecular formula is C18H35BSi2. The third-order valence-electron chi connectivity index (χ3n) is 3.79. The lowest BCUT2D eigenvalue weighted by Gasteiger charge is -2.26. The van der Waals surface area contributed by atoms with Crippen LogP contribution in [0.25, 0.3) is 0 Å². The highest BCUT2D eigenvalue weighted by Gasteiger charge is 2.24. The Bertz CT molecular complexity index is 433. The van der Waals surface area contributed by atoms with Crippen molar-refractivity contribution in [2.24, 2.45) is 0 Å². The van der Waals surface area contributed by atoms with Crippen molar-refractivity contribution in [2.45, 2.75) is 79.1 Å². The van der Waals surface area contributed by atoms with Crippen LogP contribution in [0.2, 0.25) is 51.9 Å². The summed E-state index contributed by atoms with van der Waals surface area (Å²) < 4.78 is 0. The number of rotatable bonds is 6. The molecular weight excluding hydrogens is 283 g/mol. The van der Waals surface area contributed by atoms with E-state index in [2.05, 4.69) is 83.7 Å². The van der Waals surface area contributed by atoms with Crippen LogP contribution in [-0.2, 0) is 0 Å². The van der Waals surface area contributed by atoms with E-state index in [0.29, 0.717) is 0 Å². The molecule has 0 saturated heterocycles. The van der Waals surface area contributed by atoms with Gasteiger partial charge >= 0.3 is 0 Å². The zero-order chi connectivity index (χ0) is 16.7. The van der Waals surface area contributed by atoms with Crippen molar-refractivity contribution < 1.29 is 0 Å². The minimum atomic E-state index is -1.33. The molecule has 0 aromatic rings. The Morgan fingerprint density at radius 1 is 0.952 bits per heavy atom. The van der Waals surface area contributed by atoms with E-state index >= 15 is 0 Å². The molecule has 0 fully saturated rings. The zero-order valence-electron chi connectivity index (χ0n) is 15.9. The van der Waals surface area contributed by atoms with Gasteiger partial charge in [0.05, 0.1) is 8.07 Å². The second kappa shape index (κ2) is 8.85. The van der Waals surface area contributed by atoms with E-state index in [9.17, 15) is 0 Å². The molecule has 0 aliphatic heterocycles. The molecule has 0 aromatic heterocycles. The van der Waals surface area contributed by atoms with Gasteiger partial charge in [-0.3, -0.25) is 0 Å².